The molecule has 4 nitrogen and oxygen atoms in total. The van der Waals surface area contributed by atoms with Crippen LogP contribution in [-0.2, 0) is 0 Å². The van der Waals surface area contributed by atoms with Gasteiger partial charge < -0.3 is 15.5 Å². The summed E-state index contributed by atoms with van der Waals surface area (Å²) in [6.07, 6.45) is 1.73. The average molecular weight is 200 g/mol. The molecule has 84 valence electrons. The molecule has 0 rings (SSSR count). The van der Waals surface area contributed by atoms with Crippen molar-refractivity contribution in [2.75, 3.05) is 34.2 Å². The van der Waals surface area contributed by atoms with Crippen molar-refractivity contribution in [1.29, 1.82) is 5.41 Å². The number of nitrogens with two attached hydrogens (primary N) is 1. The minimum absolute atomic E-state index is 0.286. The number of hydrogen-bond acceptors (Lipinski definition) is 3. The van der Waals surface area contributed by atoms with Crippen molar-refractivity contribution in [2.45, 2.75) is 25.8 Å². The fraction of sp³-hybridized carbons (Fsp3) is 0.900. The number of nitrogens with zero attached hydrogens (tertiary/aromatic N) is 2. The molecule has 0 saturated heterocycles. The summed E-state index contributed by atoms with van der Waals surface area (Å²) in [4.78, 5) is 4.44. The first-order valence-corrected chi connectivity index (χ1v) is 5.15. The summed E-state index contributed by atoms with van der Waals surface area (Å²) in [6.45, 7) is 4.21. The van der Waals surface area contributed by atoms with E-state index in [0.29, 0.717) is 12.5 Å². The van der Waals surface area contributed by atoms with Gasteiger partial charge in [0.25, 0.3) is 0 Å². The largest absolute Gasteiger partial charge is 0.388 e. The molecule has 3 N–H and O–H groups in total. The van der Waals surface area contributed by atoms with E-state index >= 15 is 0 Å². The summed E-state index contributed by atoms with van der Waals surface area (Å²) in [5, 5.41) is 7.28. The highest BCUT2D eigenvalue weighted by molar-refractivity contribution is 5.77. The van der Waals surface area contributed by atoms with E-state index in [-0.39, 0.29) is 5.84 Å². The van der Waals surface area contributed by atoms with Crippen LogP contribution >= 0.6 is 0 Å². The average Bonchev–Trinajstić information content (AvgIpc) is 2.09. The van der Waals surface area contributed by atoms with Crippen LogP contribution < -0.4 is 5.73 Å². The third kappa shape index (κ3) is 5.94. The predicted molar refractivity (Wildman–Crippen MR) is 61.8 cm³/mol. The Hall–Kier alpha value is -0.610. The summed E-state index contributed by atoms with van der Waals surface area (Å²) in [5.41, 5.74) is 5.41. The van der Waals surface area contributed by atoms with Crippen LogP contribution in [0.5, 0.6) is 0 Å². The molecule has 0 amide bonds. The maximum absolute atomic E-state index is 7.28. The third-order valence-electron chi connectivity index (χ3n) is 2.45. The summed E-state index contributed by atoms with van der Waals surface area (Å²) >= 11 is 0. The number of likely N-dealkylation sites (N-methyl/N-ethyl adjacent to an activating group) is 2. The highest BCUT2D eigenvalue weighted by Crippen LogP contribution is 2.05. The molecular formula is C10H24N4. The van der Waals surface area contributed by atoms with Gasteiger partial charge in [0.2, 0.25) is 0 Å². The van der Waals surface area contributed by atoms with Crippen molar-refractivity contribution in [3.05, 3.63) is 0 Å². The van der Waals surface area contributed by atoms with E-state index in [0.717, 1.165) is 19.5 Å². The van der Waals surface area contributed by atoms with Crippen LogP contribution in [0.1, 0.15) is 19.8 Å². The van der Waals surface area contributed by atoms with E-state index in [1.165, 1.54) is 0 Å². The molecule has 1 atom stereocenters. The Labute approximate surface area is 87.6 Å². The van der Waals surface area contributed by atoms with E-state index in [2.05, 4.69) is 37.9 Å². The van der Waals surface area contributed by atoms with Gasteiger partial charge in [0, 0.05) is 25.6 Å². The number of amidine groups is 1. The van der Waals surface area contributed by atoms with Crippen LogP contribution in [0.3, 0.4) is 0 Å². The molecule has 0 aromatic rings. The van der Waals surface area contributed by atoms with E-state index < -0.39 is 0 Å². The second kappa shape index (κ2) is 6.79. The van der Waals surface area contributed by atoms with Crippen molar-refractivity contribution >= 4 is 5.84 Å². The number of rotatable bonds is 7. The molecule has 0 spiro atoms. The number of nitrogens with one attached hydrogen (secondary N) is 1. The lowest BCUT2D eigenvalue weighted by Crippen LogP contribution is -2.38. The van der Waals surface area contributed by atoms with Gasteiger partial charge in [-0.3, -0.25) is 5.41 Å². The van der Waals surface area contributed by atoms with E-state index in [9.17, 15) is 0 Å². The Morgan fingerprint density at radius 2 is 1.86 bits per heavy atom. The summed E-state index contributed by atoms with van der Waals surface area (Å²) in [6, 6.07) is 0.410. The van der Waals surface area contributed by atoms with Gasteiger partial charge in [-0.2, -0.15) is 0 Å². The smallest absolute Gasteiger partial charge is 0.0921 e. The fourth-order valence-electron chi connectivity index (χ4n) is 1.41. The zero-order valence-electron chi connectivity index (χ0n) is 9.88. The molecule has 0 saturated carbocycles. The lowest BCUT2D eigenvalue weighted by atomic mass is 10.1. The molecular weight excluding hydrogens is 176 g/mol. The predicted octanol–water partition coefficient (Wildman–Crippen LogP) is 0.584. The summed E-state index contributed by atoms with van der Waals surface area (Å²) in [5.74, 6) is 0.286. The lowest BCUT2D eigenvalue weighted by Gasteiger charge is -2.27. The van der Waals surface area contributed by atoms with Gasteiger partial charge in [-0.15, -0.1) is 0 Å². The fourth-order valence-corrected chi connectivity index (χ4v) is 1.41. The van der Waals surface area contributed by atoms with Crippen LogP contribution in [0.2, 0.25) is 0 Å². The Bertz CT molecular complexity index is 168. The van der Waals surface area contributed by atoms with Crippen molar-refractivity contribution in [2.24, 2.45) is 5.73 Å². The molecule has 4 heteroatoms. The molecule has 0 aliphatic carbocycles. The van der Waals surface area contributed by atoms with Gasteiger partial charge in [0.1, 0.15) is 0 Å². The molecule has 0 heterocycles. The first kappa shape index (κ1) is 13.4. The van der Waals surface area contributed by atoms with Crippen molar-refractivity contribution < 1.29 is 0 Å². The zero-order chi connectivity index (χ0) is 11.1. The Balaban J connectivity index is 3.90. The molecule has 0 aromatic carbocycles. The Kier molecular flexibility index (Phi) is 6.49. The molecule has 1 unspecified atom stereocenters. The van der Waals surface area contributed by atoms with Crippen LogP contribution in [0.25, 0.3) is 0 Å². The quantitative estimate of drug-likeness (QED) is 0.467. The Morgan fingerprint density at radius 3 is 2.21 bits per heavy atom. The lowest BCUT2D eigenvalue weighted by molar-refractivity contribution is 0.216. The standard InChI is InChI=1S/C10H24N4/c1-5-9(8-10(11)12)14(4)7-6-13(2)3/h9H,5-8H2,1-4H3,(H3,11,12). The molecule has 0 aromatic heterocycles. The topological polar surface area (TPSA) is 56.4 Å². The summed E-state index contributed by atoms with van der Waals surface area (Å²) in [7, 11) is 6.24. The highest BCUT2D eigenvalue weighted by Gasteiger charge is 2.13. The Morgan fingerprint density at radius 1 is 1.29 bits per heavy atom. The van der Waals surface area contributed by atoms with Crippen molar-refractivity contribution in [3.63, 3.8) is 0 Å². The second-order valence-corrected chi connectivity index (χ2v) is 4.08. The summed E-state index contributed by atoms with van der Waals surface area (Å²) < 4.78 is 0. The third-order valence-corrected chi connectivity index (χ3v) is 2.45. The molecule has 0 bridgehead atoms. The highest BCUT2D eigenvalue weighted by atomic mass is 15.2. The normalized spacial score (nSPS) is 13.6. The molecule has 0 radical (unpaired) electrons. The molecule has 0 aliphatic heterocycles. The van der Waals surface area contributed by atoms with Crippen molar-refractivity contribution in [1.82, 2.24) is 9.80 Å². The van der Waals surface area contributed by atoms with Crippen LogP contribution in [0.4, 0.5) is 0 Å². The van der Waals surface area contributed by atoms with Gasteiger partial charge in [-0.25, -0.2) is 0 Å². The maximum Gasteiger partial charge on any atom is 0.0921 e. The molecule has 0 aliphatic rings. The van der Waals surface area contributed by atoms with E-state index in [4.69, 9.17) is 11.1 Å². The number of hydrogen-bond donors (Lipinski definition) is 2. The van der Waals surface area contributed by atoms with Gasteiger partial charge in [0.05, 0.1) is 5.84 Å². The van der Waals surface area contributed by atoms with E-state index in [1.54, 1.807) is 0 Å². The van der Waals surface area contributed by atoms with Gasteiger partial charge in [0.15, 0.2) is 0 Å². The maximum atomic E-state index is 7.28. The van der Waals surface area contributed by atoms with Gasteiger partial charge in [-0.1, -0.05) is 6.92 Å². The zero-order valence-corrected chi connectivity index (χ0v) is 9.88. The minimum Gasteiger partial charge on any atom is -0.388 e. The van der Waals surface area contributed by atoms with E-state index in [1.807, 2.05) is 0 Å². The first-order valence-electron chi connectivity index (χ1n) is 5.15. The van der Waals surface area contributed by atoms with Crippen LogP contribution in [-0.4, -0.2) is 55.9 Å². The van der Waals surface area contributed by atoms with Gasteiger partial charge >= 0.3 is 0 Å². The second-order valence-electron chi connectivity index (χ2n) is 4.08. The first-order chi connectivity index (χ1) is 6.47. The molecule has 0 fully saturated rings. The van der Waals surface area contributed by atoms with Crippen LogP contribution in [0, 0.1) is 5.41 Å². The minimum atomic E-state index is 0.286. The van der Waals surface area contributed by atoms with Gasteiger partial charge in [-0.05, 0) is 27.6 Å². The monoisotopic (exact) mass is 200 g/mol. The SMILES string of the molecule is CCC(CC(=N)N)N(C)CCN(C)C. The van der Waals surface area contributed by atoms with Crippen molar-refractivity contribution in [3.8, 4) is 0 Å². The van der Waals surface area contributed by atoms with Crippen LogP contribution in [0.15, 0.2) is 0 Å². The molecule has 14 heavy (non-hydrogen) atoms.